The number of aliphatic hydroxyl groups excluding tert-OH is 1. The first-order valence-electron chi connectivity index (χ1n) is 4.58. The Hall–Kier alpha value is -0.910. The van der Waals surface area contributed by atoms with Crippen molar-refractivity contribution >= 4 is 10.8 Å². The van der Waals surface area contributed by atoms with Gasteiger partial charge < -0.3 is 15.6 Å². The molecule has 0 saturated carbocycles. The second kappa shape index (κ2) is 5.85. The number of rotatable bonds is 5. The van der Waals surface area contributed by atoms with Crippen LogP contribution >= 0.6 is 0 Å². The van der Waals surface area contributed by atoms with Crippen LogP contribution in [0.5, 0.6) is 5.75 Å². The molecule has 0 amide bonds. The number of methoxy groups -OCH3 is 1. The lowest BCUT2D eigenvalue weighted by atomic mass is 10.3. The van der Waals surface area contributed by atoms with Crippen LogP contribution in [0.25, 0.3) is 0 Å². The first-order chi connectivity index (χ1) is 7.17. The topological polar surface area (TPSA) is 72.5 Å². The largest absolute Gasteiger partial charge is 0.497 e. The van der Waals surface area contributed by atoms with Crippen LogP contribution in [0.3, 0.4) is 0 Å². The summed E-state index contributed by atoms with van der Waals surface area (Å²) in [6.45, 7) is 0.121. The minimum Gasteiger partial charge on any atom is -0.497 e. The van der Waals surface area contributed by atoms with Gasteiger partial charge in [0.1, 0.15) is 5.75 Å². The van der Waals surface area contributed by atoms with Crippen LogP contribution in [-0.4, -0.2) is 34.8 Å². The predicted molar refractivity (Wildman–Crippen MR) is 59.3 cm³/mol. The van der Waals surface area contributed by atoms with Crippen LogP contribution in [0, 0.1) is 0 Å². The Morgan fingerprint density at radius 1 is 1.60 bits per heavy atom. The number of ether oxygens (including phenoxy) is 1. The van der Waals surface area contributed by atoms with E-state index in [1.807, 2.05) is 0 Å². The molecule has 0 heterocycles. The summed E-state index contributed by atoms with van der Waals surface area (Å²) in [7, 11) is 0.317. The first-order valence-corrected chi connectivity index (χ1v) is 5.90. The highest BCUT2D eigenvalue weighted by Gasteiger charge is 2.10. The lowest BCUT2D eigenvalue weighted by molar-refractivity contribution is 0.207. The summed E-state index contributed by atoms with van der Waals surface area (Å²) < 4.78 is 16.7. The molecule has 1 aromatic rings. The quantitative estimate of drug-likeness (QED) is 0.752. The predicted octanol–water partition coefficient (Wildman–Crippen LogP) is 0.122. The highest BCUT2D eigenvalue weighted by molar-refractivity contribution is 7.85. The molecule has 0 fully saturated rings. The van der Waals surface area contributed by atoms with Gasteiger partial charge in [-0.25, -0.2) is 0 Å². The van der Waals surface area contributed by atoms with Gasteiger partial charge in [-0.3, -0.25) is 4.21 Å². The molecule has 0 aliphatic carbocycles. The summed E-state index contributed by atoms with van der Waals surface area (Å²) in [6.07, 6.45) is -0.725. The maximum absolute atomic E-state index is 11.7. The summed E-state index contributed by atoms with van der Waals surface area (Å²) in [5.74, 6) is 0.812. The fraction of sp³-hybridized carbons (Fsp3) is 0.400. The zero-order valence-corrected chi connectivity index (χ0v) is 9.37. The van der Waals surface area contributed by atoms with Crippen molar-refractivity contribution in [2.75, 3.05) is 19.4 Å². The van der Waals surface area contributed by atoms with Crippen molar-refractivity contribution in [2.24, 2.45) is 5.73 Å². The van der Waals surface area contributed by atoms with E-state index >= 15 is 0 Å². The normalized spacial score (nSPS) is 14.6. The second-order valence-electron chi connectivity index (χ2n) is 3.08. The second-order valence-corrected chi connectivity index (χ2v) is 4.58. The minimum atomic E-state index is -1.24. The Bertz CT molecular complexity index is 343. The Morgan fingerprint density at radius 3 is 2.93 bits per heavy atom. The minimum absolute atomic E-state index is 0.121. The van der Waals surface area contributed by atoms with E-state index in [1.54, 1.807) is 31.4 Å². The van der Waals surface area contributed by atoms with Gasteiger partial charge in [-0.1, -0.05) is 6.07 Å². The average molecular weight is 229 g/mol. The van der Waals surface area contributed by atoms with Gasteiger partial charge in [0.2, 0.25) is 0 Å². The van der Waals surface area contributed by atoms with E-state index in [4.69, 9.17) is 10.5 Å². The van der Waals surface area contributed by atoms with Gasteiger partial charge >= 0.3 is 0 Å². The fourth-order valence-electron chi connectivity index (χ4n) is 1.08. The first kappa shape index (κ1) is 12.2. The smallest absolute Gasteiger partial charge is 0.120 e. The summed E-state index contributed by atoms with van der Waals surface area (Å²) in [5.41, 5.74) is 5.25. The lowest BCUT2D eigenvalue weighted by Gasteiger charge is -2.08. The van der Waals surface area contributed by atoms with E-state index < -0.39 is 16.9 Å². The van der Waals surface area contributed by atoms with Crippen molar-refractivity contribution in [3.8, 4) is 5.75 Å². The average Bonchev–Trinajstić information content (AvgIpc) is 2.28. The molecule has 84 valence electrons. The highest BCUT2D eigenvalue weighted by Crippen LogP contribution is 2.16. The van der Waals surface area contributed by atoms with Crippen LogP contribution in [0.1, 0.15) is 0 Å². The van der Waals surface area contributed by atoms with Crippen LogP contribution in [-0.2, 0) is 10.8 Å². The van der Waals surface area contributed by atoms with Crippen molar-refractivity contribution < 1.29 is 14.1 Å². The summed E-state index contributed by atoms with van der Waals surface area (Å²) in [6, 6.07) is 6.97. The van der Waals surface area contributed by atoms with Gasteiger partial charge in [0.15, 0.2) is 0 Å². The van der Waals surface area contributed by atoms with Crippen LogP contribution in [0.4, 0.5) is 0 Å². The van der Waals surface area contributed by atoms with Gasteiger partial charge in [0, 0.05) is 11.4 Å². The maximum atomic E-state index is 11.7. The molecule has 0 aliphatic heterocycles. The molecule has 0 aromatic heterocycles. The van der Waals surface area contributed by atoms with Crippen LogP contribution < -0.4 is 10.5 Å². The fourth-order valence-corrected chi connectivity index (χ4v) is 2.24. The number of aliphatic hydroxyl groups is 1. The van der Waals surface area contributed by atoms with E-state index in [2.05, 4.69) is 0 Å². The molecule has 2 unspecified atom stereocenters. The molecule has 1 rings (SSSR count). The lowest BCUT2D eigenvalue weighted by Crippen LogP contribution is -2.25. The molecule has 15 heavy (non-hydrogen) atoms. The molecular formula is C10H15NO3S. The highest BCUT2D eigenvalue weighted by atomic mass is 32.2. The summed E-state index contributed by atoms with van der Waals surface area (Å²) in [5, 5.41) is 9.27. The molecule has 1 aromatic carbocycles. The molecule has 0 radical (unpaired) electrons. The number of hydrogen-bond acceptors (Lipinski definition) is 4. The van der Waals surface area contributed by atoms with Crippen molar-refractivity contribution in [3.63, 3.8) is 0 Å². The van der Waals surface area contributed by atoms with E-state index in [0.29, 0.717) is 10.6 Å². The molecule has 0 spiro atoms. The van der Waals surface area contributed by atoms with E-state index in [0.717, 1.165) is 0 Å². The van der Waals surface area contributed by atoms with Crippen molar-refractivity contribution in [1.29, 1.82) is 0 Å². The Morgan fingerprint density at radius 2 is 2.33 bits per heavy atom. The number of hydrogen-bond donors (Lipinski definition) is 2. The SMILES string of the molecule is COc1cccc(S(=O)CC(O)CN)c1. The molecule has 0 aliphatic rings. The van der Waals surface area contributed by atoms with E-state index in [-0.39, 0.29) is 12.3 Å². The molecule has 3 N–H and O–H groups in total. The van der Waals surface area contributed by atoms with Crippen molar-refractivity contribution in [1.82, 2.24) is 0 Å². The monoisotopic (exact) mass is 229 g/mol. The Labute approximate surface area is 91.5 Å². The summed E-state index contributed by atoms with van der Waals surface area (Å²) in [4.78, 5) is 0.641. The third kappa shape index (κ3) is 3.62. The van der Waals surface area contributed by atoms with Gasteiger partial charge in [-0.05, 0) is 18.2 Å². The Kier molecular flexibility index (Phi) is 4.74. The van der Waals surface area contributed by atoms with Crippen LogP contribution in [0.15, 0.2) is 29.2 Å². The standard InChI is InChI=1S/C10H15NO3S/c1-14-9-3-2-4-10(5-9)15(13)7-8(12)6-11/h2-5,8,12H,6-7,11H2,1H3. The van der Waals surface area contributed by atoms with Crippen LogP contribution in [0.2, 0.25) is 0 Å². The number of nitrogens with two attached hydrogens (primary N) is 1. The molecule has 5 heteroatoms. The Balaban J connectivity index is 2.73. The molecule has 0 bridgehead atoms. The zero-order chi connectivity index (χ0) is 11.3. The number of benzene rings is 1. The van der Waals surface area contributed by atoms with E-state index in [9.17, 15) is 9.32 Å². The van der Waals surface area contributed by atoms with Gasteiger partial charge in [0.05, 0.1) is 29.8 Å². The van der Waals surface area contributed by atoms with Gasteiger partial charge in [-0.2, -0.15) is 0 Å². The van der Waals surface area contributed by atoms with E-state index in [1.165, 1.54) is 0 Å². The molecular weight excluding hydrogens is 214 g/mol. The summed E-state index contributed by atoms with van der Waals surface area (Å²) >= 11 is 0. The maximum Gasteiger partial charge on any atom is 0.120 e. The zero-order valence-electron chi connectivity index (χ0n) is 8.55. The van der Waals surface area contributed by atoms with Gasteiger partial charge in [-0.15, -0.1) is 0 Å². The third-order valence-electron chi connectivity index (χ3n) is 1.92. The van der Waals surface area contributed by atoms with Crippen molar-refractivity contribution in [3.05, 3.63) is 24.3 Å². The molecule has 4 nitrogen and oxygen atoms in total. The van der Waals surface area contributed by atoms with Gasteiger partial charge in [0.25, 0.3) is 0 Å². The molecule has 2 atom stereocenters. The van der Waals surface area contributed by atoms with Crippen molar-refractivity contribution in [2.45, 2.75) is 11.0 Å². The molecule has 0 saturated heterocycles. The third-order valence-corrected chi connectivity index (χ3v) is 3.39.